The maximum atomic E-state index is 12.7. The van der Waals surface area contributed by atoms with Gasteiger partial charge in [0.15, 0.2) is 0 Å². The Morgan fingerprint density at radius 3 is 2.55 bits per heavy atom. The molecular weight excluding hydrogens is 396 g/mol. The Morgan fingerprint density at radius 2 is 1.87 bits per heavy atom. The van der Waals surface area contributed by atoms with Gasteiger partial charge in [-0.2, -0.15) is 5.21 Å². The van der Waals surface area contributed by atoms with Gasteiger partial charge in [0.1, 0.15) is 5.60 Å². The number of alkyl carbamates (subject to hydrolysis) is 1. The molecule has 0 aliphatic rings. The molecule has 3 N–H and O–H groups in total. The Labute approximate surface area is 180 Å². The number of aromatic nitrogens is 4. The fourth-order valence-corrected chi connectivity index (χ4v) is 3.00. The summed E-state index contributed by atoms with van der Waals surface area (Å²) in [6.07, 6.45) is 0.0251. The topological polar surface area (TPSA) is 122 Å². The number of amides is 2. The molecular formula is C22H26N6O3. The van der Waals surface area contributed by atoms with Crippen LogP contribution in [0.2, 0.25) is 0 Å². The van der Waals surface area contributed by atoms with Crippen molar-refractivity contribution in [2.24, 2.45) is 0 Å². The average molecular weight is 422 g/mol. The first-order chi connectivity index (χ1) is 14.8. The van der Waals surface area contributed by atoms with Crippen molar-refractivity contribution in [1.82, 2.24) is 25.9 Å². The number of ether oxygens (including phenoxy) is 1. The first kappa shape index (κ1) is 21.9. The number of anilines is 1. The Morgan fingerprint density at radius 1 is 1.10 bits per heavy atom. The highest BCUT2D eigenvalue weighted by Gasteiger charge is 2.22. The number of carbonyl (C=O) groups excluding carboxylic acids is 2. The summed E-state index contributed by atoms with van der Waals surface area (Å²) in [5, 5.41) is 19.5. The predicted molar refractivity (Wildman–Crippen MR) is 116 cm³/mol. The minimum absolute atomic E-state index is 0.0839. The van der Waals surface area contributed by atoms with Crippen LogP contribution in [0.1, 0.15) is 32.8 Å². The standard InChI is InChI=1S/C22H26N6O3/c1-22(2,3)31-21(30)24-18(12-15-8-5-4-6-9-15)14-19(29)23-17-11-7-10-16(13-17)20-25-27-28-26-20/h4-11,13,18H,12,14H2,1-3H3,(H,23,29)(H,24,30)(H,25,26,27,28)/t18-/m0/s1. The van der Waals surface area contributed by atoms with Crippen molar-refractivity contribution in [3.8, 4) is 11.4 Å². The fraction of sp³-hybridized carbons (Fsp3) is 0.318. The Kier molecular flexibility index (Phi) is 6.96. The van der Waals surface area contributed by atoms with Crippen molar-refractivity contribution in [2.75, 3.05) is 5.32 Å². The number of tetrazole rings is 1. The molecule has 2 aromatic carbocycles. The molecule has 0 unspecified atom stereocenters. The third kappa shape index (κ3) is 7.22. The van der Waals surface area contributed by atoms with E-state index in [-0.39, 0.29) is 12.3 Å². The largest absolute Gasteiger partial charge is 0.444 e. The van der Waals surface area contributed by atoms with E-state index in [1.165, 1.54) is 0 Å². The molecule has 0 bridgehead atoms. The Balaban J connectivity index is 1.67. The van der Waals surface area contributed by atoms with Crippen LogP contribution < -0.4 is 10.6 Å². The molecule has 2 amide bonds. The normalized spacial score (nSPS) is 12.1. The second kappa shape index (κ2) is 9.84. The van der Waals surface area contributed by atoms with Crippen LogP contribution in [-0.4, -0.2) is 44.3 Å². The summed E-state index contributed by atoms with van der Waals surface area (Å²) >= 11 is 0. The van der Waals surface area contributed by atoms with E-state index in [1.807, 2.05) is 36.4 Å². The second-order valence-electron chi connectivity index (χ2n) is 8.10. The number of nitrogens with one attached hydrogen (secondary N) is 3. The Bertz CT molecular complexity index is 1000. The number of H-pyrrole nitrogens is 1. The first-order valence-corrected chi connectivity index (χ1v) is 9.96. The molecule has 1 atom stereocenters. The van der Waals surface area contributed by atoms with E-state index in [1.54, 1.807) is 39.0 Å². The number of carbonyl (C=O) groups is 2. The highest BCUT2D eigenvalue weighted by atomic mass is 16.6. The monoisotopic (exact) mass is 422 g/mol. The maximum Gasteiger partial charge on any atom is 0.407 e. The molecule has 162 valence electrons. The molecule has 0 saturated carbocycles. The third-order valence-corrected chi connectivity index (χ3v) is 4.23. The van der Waals surface area contributed by atoms with Gasteiger partial charge in [0.05, 0.1) is 0 Å². The maximum absolute atomic E-state index is 12.7. The molecule has 9 heteroatoms. The number of rotatable bonds is 7. The summed E-state index contributed by atoms with van der Waals surface area (Å²) in [6, 6.07) is 16.4. The van der Waals surface area contributed by atoms with Crippen LogP contribution in [0.3, 0.4) is 0 Å². The van der Waals surface area contributed by atoms with Gasteiger partial charge in [-0.05, 0) is 50.1 Å². The minimum Gasteiger partial charge on any atom is -0.444 e. The quantitative estimate of drug-likeness (QED) is 0.537. The van der Waals surface area contributed by atoms with E-state index in [0.717, 1.165) is 11.1 Å². The van der Waals surface area contributed by atoms with Gasteiger partial charge in [0.2, 0.25) is 11.7 Å². The molecule has 0 spiro atoms. The van der Waals surface area contributed by atoms with E-state index < -0.39 is 17.7 Å². The van der Waals surface area contributed by atoms with Crippen LogP contribution in [0.5, 0.6) is 0 Å². The van der Waals surface area contributed by atoms with Crippen LogP contribution in [0.4, 0.5) is 10.5 Å². The van der Waals surface area contributed by atoms with Crippen LogP contribution in [-0.2, 0) is 16.0 Å². The molecule has 31 heavy (non-hydrogen) atoms. The lowest BCUT2D eigenvalue weighted by atomic mass is 10.0. The van der Waals surface area contributed by atoms with E-state index in [9.17, 15) is 9.59 Å². The summed E-state index contributed by atoms with van der Waals surface area (Å²) < 4.78 is 5.36. The Hall–Kier alpha value is -3.75. The van der Waals surface area contributed by atoms with Crippen LogP contribution in [0.15, 0.2) is 54.6 Å². The summed E-state index contributed by atoms with van der Waals surface area (Å²) in [6.45, 7) is 5.38. The zero-order chi connectivity index (χ0) is 22.3. The number of benzene rings is 2. The third-order valence-electron chi connectivity index (χ3n) is 4.23. The molecule has 9 nitrogen and oxygen atoms in total. The van der Waals surface area contributed by atoms with E-state index >= 15 is 0 Å². The van der Waals surface area contributed by atoms with Gasteiger partial charge in [-0.15, -0.1) is 10.2 Å². The molecule has 3 rings (SSSR count). The molecule has 1 aromatic heterocycles. The highest BCUT2D eigenvalue weighted by Crippen LogP contribution is 2.19. The average Bonchev–Trinajstić information content (AvgIpc) is 3.22. The lowest BCUT2D eigenvalue weighted by molar-refractivity contribution is -0.116. The van der Waals surface area contributed by atoms with Gasteiger partial charge < -0.3 is 15.4 Å². The van der Waals surface area contributed by atoms with Gasteiger partial charge in [-0.3, -0.25) is 4.79 Å². The fourth-order valence-electron chi connectivity index (χ4n) is 3.00. The molecule has 1 heterocycles. The van der Waals surface area contributed by atoms with Crippen molar-refractivity contribution in [2.45, 2.75) is 45.3 Å². The lowest BCUT2D eigenvalue weighted by Crippen LogP contribution is -2.42. The number of hydrogen-bond donors (Lipinski definition) is 3. The zero-order valence-electron chi connectivity index (χ0n) is 17.8. The van der Waals surface area contributed by atoms with Gasteiger partial charge in [0.25, 0.3) is 0 Å². The van der Waals surface area contributed by atoms with Crippen LogP contribution >= 0.6 is 0 Å². The second-order valence-corrected chi connectivity index (χ2v) is 8.10. The van der Waals surface area contributed by atoms with E-state index in [0.29, 0.717) is 17.9 Å². The smallest absolute Gasteiger partial charge is 0.407 e. The minimum atomic E-state index is -0.626. The van der Waals surface area contributed by atoms with Crippen molar-refractivity contribution in [3.63, 3.8) is 0 Å². The lowest BCUT2D eigenvalue weighted by Gasteiger charge is -2.23. The number of aromatic amines is 1. The predicted octanol–water partition coefficient (Wildman–Crippen LogP) is 3.33. The summed E-state index contributed by atoms with van der Waals surface area (Å²) in [5.41, 5.74) is 1.71. The molecule has 0 aliphatic carbocycles. The summed E-state index contributed by atoms with van der Waals surface area (Å²) in [5.74, 6) is 0.201. The SMILES string of the molecule is CC(C)(C)OC(=O)N[C@H](CC(=O)Nc1cccc(-c2nn[nH]n2)c1)Cc1ccccc1. The van der Waals surface area contributed by atoms with Gasteiger partial charge in [0, 0.05) is 23.7 Å². The van der Waals surface area contributed by atoms with Crippen molar-refractivity contribution in [1.29, 1.82) is 0 Å². The molecule has 0 fully saturated rings. The van der Waals surface area contributed by atoms with Gasteiger partial charge >= 0.3 is 6.09 Å². The highest BCUT2D eigenvalue weighted by molar-refractivity contribution is 5.92. The van der Waals surface area contributed by atoms with E-state index in [4.69, 9.17) is 4.74 Å². The molecule has 0 radical (unpaired) electrons. The van der Waals surface area contributed by atoms with Crippen molar-refractivity contribution in [3.05, 3.63) is 60.2 Å². The zero-order valence-corrected chi connectivity index (χ0v) is 17.8. The molecule has 0 saturated heterocycles. The van der Waals surface area contributed by atoms with Crippen molar-refractivity contribution < 1.29 is 14.3 Å². The number of hydrogen-bond acceptors (Lipinski definition) is 6. The van der Waals surface area contributed by atoms with Crippen molar-refractivity contribution >= 4 is 17.7 Å². The van der Waals surface area contributed by atoms with Crippen LogP contribution in [0, 0.1) is 0 Å². The number of nitrogens with zero attached hydrogens (tertiary/aromatic N) is 3. The van der Waals surface area contributed by atoms with E-state index in [2.05, 4.69) is 31.3 Å². The van der Waals surface area contributed by atoms with Gasteiger partial charge in [-0.1, -0.05) is 42.5 Å². The summed E-state index contributed by atoms with van der Waals surface area (Å²) in [7, 11) is 0. The van der Waals surface area contributed by atoms with Crippen LogP contribution in [0.25, 0.3) is 11.4 Å². The summed E-state index contributed by atoms with van der Waals surface area (Å²) in [4.78, 5) is 25.0. The molecule has 0 aliphatic heterocycles. The van der Waals surface area contributed by atoms with Gasteiger partial charge in [-0.25, -0.2) is 4.79 Å². The molecule has 3 aromatic rings. The first-order valence-electron chi connectivity index (χ1n) is 9.96.